The molecule has 0 atom stereocenters. The third-order valence-electron chi connectivity index (χ3n) is 5.27. The summed E-state index contributed by atoms with van der Waals surface area (Å²) in [5, 5.41) is 4.11. The van der Waals surface area contributed by atoms with Crippen molar-refractivity contribution in [1.82, 2.24) is 9.13 Å². The number of aromatic nitrogens is 2. The molecule has 9 heteroatoms. The molecule has 2 aromatic carbocycles. The van der Waals surface area contributed by atoms with Crippen LogP contribution in [-0.2, 0) is 11.3 Å². The van der Waals surface area contributed by atoms with Gasteiger partial charge in [0.05, 0.1) is 11.1 Å². The Labute approximate surface area is 197 Å². The second kappa shape index (κ2) is 8.58. The summed E-state index contributed by atoms with van der Waals surface area (Å²) in [7, 11) is 0. The number of hydrogen-bond donors (Lipinski definition) is 1. The minimum Gasteiger partial charge on any atom is -0.324 e. The zero-order valence-electron chi connectivity index (χ0n) is 17.5. The van der Waals surface area contributed by atoms with Crippen molar-refractivity contribution in [2.24, 2.45) is 0 Å². The fourth-order valence-corrected chi connectivity index (χ4v) is 4.96. The maximum absolute atomic E-state index is 13.4. The van der Waals surface area contributed by atoms with E-state index in [0.717, 1.165) is 20.6 Å². The summed E-state index contributed by atoms with van der Waals surface area (Å²) in [6.07, 6.45) is 0. The number of halogens is 2. The molecule has 2 aromatic heterocycles. The molecule has 0 saturated carbocycles. The summed E-state index contributed by atoms with van der Waals surface area (Å²) in [6, 6.07) is 11.7. The summed E-state index contributed by atoms with van der Waals surface area (Å²) in [6.45, 7) is 5.32. The minimum atomic E-state index is -0.608. The molecule has 1 amide bonds. The molecule has 0 saturated heterocycles. The van der Waals surface area contributed by atoms with Gasteiger partial charge in [-0.25, -0.2) is 9.36 Å². The van der Waals surface area contributed by atoms with E-state index in [1.807, 2.05) is 20.8 Å². The van der Waals surface area contributed by atoms with E-state index in [4.69, 9.17) is 23.2 Å². The lowest BCUT2D eigenvalue weighted by atomic mass is 10.2. The first-order valence-electron chi connectivity index (χ1n) is 9.75. The number of fused-ring (bicyclic) bond motifs is 1. The fraction of sp³-hybridized carbons (Fsp3) is 0.174. The highest BCUT2D eigenvalue weighted by Gasteiger charge is 2.21. The molecule has 0 spiro atoms. The summed E-state index contributed by atoms with van der Waals surface area (Å²) in [5.74, 6) is -0.409. The van der Waals surface area contributed by atoms with Crippen molar-refractivity contribution in [3.8, 4) is 5.69 Å². The van der Waals surface area contributed by atoms with E-state index in [1.165, 1.54) is 15.9 Å². The van der Waals surface area contributed by atoms with Gasteiger partial charge in [0.1, 0.15) is 11.4 Å². The van der Waals surface area contributed by atoms with Crippen LogP contribution in [0.25, 0.3) is 15.9 Å². The highest BCUT2D eigenvalue weighted by molar-refractivity contribution is 7.18. The molecule has 1 N–H and O–H groups in total. The van der Waals surface area contributed by atoms with E-state index in [0.29, 0.717) is 31.6 Å². The van der Waals surface area contributed by atoms with E-state index in [-0.39, 0.29) is 6.54 Å². The Morgan fingerprint density at radius 1 is 1.06 bits per heavy atom. The number of thiophene rings is 1. The minimum absolute atomic E-state index is 0.263. The van der Waals surface area contributed by atoms with Crippen LogP contribution in [0.1, 0.15) is 16.0 Å². The van der Waals surface area contributed by atoms with E-state index in [9.17, 15) is 14.4 Å². The zero-order valence-corrected chi connectivity index (χ0v) is 19.9. The van der Waals surface area contributed by atoms with Crippen LogP contribution in [0.2, 0.25) is 10.0 Å². The van der Waals surface area contributed by atoms with Crippen LogP contribution in [0.3, 0.4) is 0 Å². The average Bonchev–Trinajstić information content (AvgIpc) is 3.03. The molecule has 0 aliphatic rings. The van der Waals surface area contributed by atoms with Gasteiger partial charge in [-0.1, -0.05) is 35.3 Å². The Balaban J connectivity index is 1.86. The third kappa shape index (κ3) is 3.99. The number of rotatable bonds is 4. The molecule has 32 heavy (non-hydrogen) atoms. The number of aryl methyl sites for hydroxylation is 3. The Morgan fingerprint density at radius 3 is 2.50 bits per heavy atom. The van der Waals surface area contributed by atoms with E-state index in [1.54, 1.807) is 42.5 Å². The van der Waals surface area contributed by atoms with Crippen molar-refractivity contribution in [1.29, 1.82) is 0 Å². The number of hydrogen-bond acceptors (Lipinski definition) is 4. The van der Waals surface area contributed by atoms with Gasteiger partial charge in [-0.3, -0.25) is 14.2 Å². The maximum atomic E-state index is 13.4. The molecule has 0 aliphatic heterocycles. The lowest BCUT2D eigenvalue weighted by Crippen LogP contribution is -2.40. The van der Waals surface area contributed by atoms with Crippen LogP contribution < -0.4 is 16.6 Å². The summed E-state index contributed by atoms with van der Waals surface area (Å²) < 4.78 is 2.39. The first-order chi connectivity index (χ1) is 15.2. The molecule has 2 heterocycles. The molecule has 4 aromatic rings. The number of nitrogens with one attached hydrogen (secondary N) is 1. The van der Waals surface area contributed by atoms with Gasteiger partial charge in [0.15, 0.2) is 0 Å². The first kappa shape index (κ1) is 22.3. The number of anilines is 1. The molecule has 0 fully saturated rings. The summed E-state index contributed by atoms with van der Waals surface area (Å²) in [4.78, 5) is 40.9. The van der Waals surface area contributed by atoms with Crippen molar-refractivity contribution in [3.05, 3.63) is 89.4 Å². The van der Waals surface area contributed by atoms with Crippen LogP contribution in [0.15, 0.2) is 52.1 Å². The van der Waals surface area contributed by atoms with Crippen LogP contribution in [0.5, 0.6) is 0 Å². The molecule has 4 rings (SSSR count). The van der Waals surface area contributed by atoms with Crippen molar-refractivity contribution < 1.29 is 4.79 Å². The lowest BCUT2D eigenvalue weighted by Gasteiger charge is -2.13. The van der Waals surface area contributed by atoms with Gasteiger partial charge in [0, 0.05) is 20.6 Å². The number of nitrogens with zero attached hydrogens (tertiary/aromatic N) is 2. The van der Waals surface area contributed by atoms with Crippen molar-refractivity contribution in [3.63, 3.8) is 0 Å². The Kier molecular flexibility index (Phi) is 5.99. The van der Waals surface area contributed by atoms with Crippen molar-refractivity contribution >= 4 is 56.3 Å². The number of amides is 1. The Bertz CT molecular complexity index is 1500. The lowest BCUT2D eigenvalue weighted by molar-refractivity contribution is -0.116. The monoisotopic (exact) mass is 487 g/mol. The highest BCUT2D eigenvalue weighted by Crippen LogP contribution is 2.27. The average molecular weight is 488 g/mol. The molecule has 164 valence electrons. The van der Waals surface area contributed by atoms with Gasteiger partial charge < -0.3 is 5.32 Å². The van der Waals surface area contributed by atoms with Gasteiger partial charge in [-0.05, 0) is 62.2 Å². The third-order valence-corrected chi connectivity index (χ3v) is 7.15. The van der Waals surface area contributed by atoms with E-state index in [2.05, 4.69) is 5.32 Å². The normalized spacial score (nSPS) is 11.2. The largest absolute Gasteiger partial charge is 0.337 e. The second-order valence-electron chi connectivity index (χ2n) is 7.46. The van der Waals surface area contributed by atoms with Crippen LogP contribution in [0.4, 0.5) is 5.69 Å². The molecular formula is C23H19Cl2N3O3S. The quantitative estimate of drug-likeness (QED) is 0.435. The highest BCUT2D eigenvalue weighted by atomic mass is 35.5. The molecule has 0 bridgehead atoms. The number of carbonyl (C=O) groups excluding carboxylic acids is 1. The van der Waals surface area contributed by atoms with Gasteiger partial charge in [0.25, 0.3) is 5.56 Å². The molecule has 0 unspecified atom stereocenters. The topological polar surface area (TPSA) is 73.1 Å². The van der Waals surface area contributed by atoms with Crippen molar-refractivity contribution in [2.45, 2.75) is 27.3 Å². The van der Waals surface area contributed by atoms with Gasteiger partial charge in [0.2, 0.25) is 5.91 Å². The van der Waals surface area contributed by atoms with Crippen LogP contribution >= 0.6 is 34.5 Å². The molecule has 6 nitrogen and oxygen atoms in total. The smallest absolute Gasteiger partial charge is 0.324 e. The Morgan fingerprint density at radius 2 is 1.81 bits per heavy atom. The summed E-state index contributed by atoms with van der Waals surface area (Å²) in [5.41, 5.74) is 1.50. The zero-order chi connectivity index (χ0) is 23.2. The van der Waals surface area contributed by atoms with Crippen LogP contribution in [0, 0.1) is 20.8 Å². The van der Waals surface area contributed by atoms with Crippen molar-refractivity contribution in [2.75, 3.05) is 5.32 Å². The summed E-state index contributed by atoms with van der Waals surface area (Å²) >= 11 is 13.6. The van der Waals surface area contributed by atoms with Gasteiger partial charge in [-0.15, -0.1) is 11.3 Å². The number of carbonyl (C=O) groups is 1. The fourth-order valence-electron chi connectivity index (χ4n) is 3.45. The standard InChI is InChI=1S/C23H19Cl2N3O3S/c1-12-7-8-16(10-18(12)25)26-19(29)11-27-22-20(13(2)14(3)32-22)21(30)28(23(27)31)17-6-4-5-15(24)9-17/h4-10H,11H2,1-3H3,(H,26,29). The first-order valence-corrected chi connectivity index (χ1v) is 11.3. The predicted octanol–water partition coefficient (Wildman–Crippen LogP) is 5.08. The number of benzene rings is 2. The van der Waals surface area contributed by atoms with E-state index >= 15 is 0 Å². The molecule has 0 radical (unpaired) electrons. The maximum Gasteiger partial charge on any atom is 0.337 e. The van der Waals surface area contributed by atoms with Crippen LogP contribution in [-0.4, -0.2) is 15.0 Å². The molecule has 0 aliphatic carbocycles. The predicted molar refractivity (Wildman–Crippen MR) is 131 cm³/mol. The SMILES string of the molecule is Cc1ccc(NC(=O)Cn2c(=O)n(-c3cccc(Cl)c3)c(=O)c3c(C)c(C)sc32)cc1Cl. The van der Waals surface area contributed by atoms with Gasteiger partial charge in [-0.2, -0.15) is 0 Å². The molecular weight excluding hydrogens is 469 g/mol. The van der Waals surface area contributed by atoms with Gasteiger partial charge >= 0.3 is 5.69 Å². The van der Waals surface area contributed by atoms with E-state index < -0.39 is 17.2 Å². The Hall–Kier alpha value is -2.87. The second-order valence-corrected chi connectivity index (χ2v) is 9.51.